The Bertz CT molecular complexity index is 543. The maximum atomic E-state index is 12.6. The van der Waals surface area contributed by atoms with Gasteiger partial charge in [-0.05, 0) is 24.5 Å². The van der Waals surface area contributed by atoms with Crippen LogP contribution in [0.3, 0.4) is 0 Å². The second kappa shape index (κ2) is 5.48. The minimum Gasteiger partial charge on any atom is -0.495 e. The number of β-amino-alcohol motifs (C(OH)–C–C–N with tert-alkyl or cyclic N) is 1. The van der Waals surface area contributed by atoms with Crippen LogP contribution in [0.25, 0.3) is 0 Å². The number of aliphatic hydroxyl groups excluding tert-OH is 1. The Morgan fingerprint density at radius 3 is 2.68 bits per heavy atom. The van der Waals surface area contributed by atoms with E-state index in [4.69, 9.17) is 4.74 Å². The number of para-hydroxylation sites is 1. The van der Waals surface area contributed by atoms with Gasteiger partial charge in [0, 0.05) is 13.1 Å². The lowest BCUT2D eigenvalue weighted by atomic mass is 9.98. The summed E-state index contributed by atoms with van der Waals surface area (Å²) in [5.74, 6) is 0.458. The van der Waals surface area contributed by atoms with Crippen molar-refractivity contribution >= 4 is 10.0 Å². The lowest BCUT2D eigenvalue weighted by Crippen LogP contribution is -2.45. The summed E-state index contributed by atoms with van der Waals surface area (Å²) in [7, 11) is -2.17. The number of aliphatic hydroxyl groups is 1. The molecule has 1 aromatic carbocycles. The summed E-state index contributed by atoms with van der Waals surface area (Å²) >= 11 is 0. The van der Waals surface area contributed by atoms with E-state index in [1.165, 1.54) is 17.5 Å². The molecule has 1 aliphatic rings. The highest BCUT2D eigenvalue weighted by Gasteiger charge is 2.34. The van der Waals surface area contributed by atoms with Gasteiger partial charge < -0.3 is 9.84 Å². The molecule has 1 saturated heterocycles. The molecule has 106 valence electrons. The molecule has 0 amide bonds. The fourth-order valence-electron chi connectivity index (χ4n) is 2.21. The average Bonchev–Trinajstić information content (AvgIpc) is 2.41. The van der Waals surface area contributed by atoms with E-state index >= 15 is 0 Å². The highest BCUT2D eigenvalue weighted by Crippen LogP contribution is 2.29. The maximum Gasteiger partial charge on any atom is 0.246 e. The molecular weight excluding hydrogens is 266 g/mol. The van der Waals surface area contributed by atoms with Crippen LogP contribution in [-0.2, 0) is 10.0 Å². The van der Waals surface area contributed by atoms with Gasteiger partial charge in [-0.3, -0.25) is 0 Å². The summed E-state index contributed by atoms with van der Waals surface area (Å²) < 4.78 is 31.5. The van der Waals surface area contributed by atoms with Gasteiger partial charge in [0.25, 0.3) is 0 Å². The van der Waals surface area contributed by atoms with Gasteiger partial charge in [0.15, 0.2) is 0 Å². The van der Waals surface area contributed by atoms with Crippen LogP contribution in [-0.4, -0.2) is 44.1 Å². The Morgan fingerprint density at radius 2 is 2.05 bits per heavy atom. The van der Waals surface area contributed by atoms with Gasteiger partial charge in [-0.2, -0.15) is 4.31 Å². The Morgan fingerprint density at radius 1 is 1.37 bits per heavy atom. The Hall–Kier alpha value is -1.11. The average molecular weight is 285 g/mol. The van der Waals surface area contributed by atoms with Crippen molar-refractivity contribution < 1.29 is 18.3 Å². The molecule has 2 atom stereocenters. The first-order valence-corrected chi connectivity index (χ1v) is 7.72. The fourth-order valence-corrected chi connectivity index (χ4v) is 3.84. The maximum absolute atomic E-state index is 12.6. The van der Waals surface area contributed by atoms with Gasteiger partial charge in [-0.25, -0.2) is 8.42 Å². The summed E-state index contributed by atoms with van der Waals surface area (Å²) in [4.78, 5) is 0.152. The molecule has 0 radical (unpaired) electrons. The van der Waals surface area contributed by atoms with E-state index in [1.807, 2.05) is 6.92 Å². The number of sulfonamides is 1. The molecule has 1 aliphatic heterocycles. The van der Waals surface area contributed by atoms with Crippen molar-refractivity contribution in [2.75, 3.05) is 20.2 Å². The largest absolute Gasteiger partial charge is 0.495 e. The van der Waals surface area contributed by atoms with Crippen molar-refractivity contribution in [1.29, 1.82) is 0 Å². The Kier molecular flexibility index (Phi) is 4.13. The molecule has 1 fully saturated rings. The van der Waals surface area contributed by atoms with Crippen LogP contribution in [0.1, 0.15) is 13.3 Å². The molecule has 0 saturated carbocycles. The lowest BCUT2D eigenvalue weighted by molar-refractivity contribution is 0.0604. The van der Waals surface area contributed by atoms with E-state index in [-0.39, 0.29) is 17.4 Å². The SMILES string of the molecule is COc1ccccc1S(=O)(=O)N1CCC(C)C(O)C1. The standard InChI is InChI=1S/C13H19NO4S/c1-10-7-8-14(9-11(10)15)19(16,17)13-6-4-3-5-12(13)18-2/h3-6,10-11,15H,7-9H2,1-2H3. The molecule has 1 N–H and O–H groups in total. The van der Waals surface area contributed by atoms with Crippen molar-refractivity contribution in [1.82, 2.24) is 4.31 Å². The highest BCUT2D eigenvalue weighted by molar-refractivity contribution is 7.89. The third-order valence-corrected chi connectivity index (χ3v) is 5.47. The van der Waals surface area contributed by atoms with Crippen LogP contribution in [0.2, 0.25) is 0 Å². The number of rotatable bonds is 3. The molecule has 2 unspecified atom stereocenters. The van der Waals surface area contributed by atoms with Crippen LogP contribution < -0.4 is 4.74 Å². The molecule has 1 aromatic rings. The smallest absolute Gasteiger partial charge is 0.246 e. The van der Waals surface area contributed by atoms with Crippen LogP contribution in [0.4, 0.5) is 0 Å². The topological polar surface area (TPSA) is 66.8 Å². The second-order valence-corrected chi connectivity index (χ2v) is 6.75. The van der Waals surface area contributed by atoms with Crippen molar-refractivity contribution in [2.24, 2.45) is 5.92 Å². The van der Waals surface area contributed by atoms with Gasteiger partial charge in [-0.15, -0.1) is 0 Å². The predicted octanol–water partition coefficient (Wildman–Crippen LogP) is 1.09. The van der Waals surface area contributed by atoms with Gasteiger partial charge >= 0.3 is 0 Å². The van der Waals surface area contributed by atoms with E-state index < -0.39 is 16.1 Å². The van der Waals surface area contributed by atoms with Crippen molar-refractivity contribution in [3.63, 3.8) is 0 Å². The molecule has 1 heterocycles. The molecule has 0 bridgehead atoms. The van der Waals surface area contributed by atoms with Gasteiger partial charge in [0.2, 0.25) is 10.0 Å². The summed E-state index contributed by atoms with van der Waals surface area (Å²) in [6, 6.07) is 6.54. The number of ether oxygens (including phenoxy) is 1. The number of methoxy groups -OCH3 is 1. The predicted molar refractivity (Wildman–Crippen MR) is 71.5 cm³/mol. The van der Waals surface area contributed by atoms with E-state index in [1.54, 1.807) is 18.2 Å². The van der Waals surface area contributed by atoms with E-state index in [0.29, 0.717) is 18.7 Å². The molecule has 0 aromatic heterocycles. The molecule has 0 aliphatic carbocycles. The number of hydrogen-bond acceptors (Lipinski definition) is 4. The van der Waals surface area contributed by atoms with Gasteiger partial charge in [-0.1, -0.05) is 19.1 Å². The first kappa shape index (κ1) is 14.3. The van der Waals surface area contributed by atoms with E-state index in [0.717, 1.165) is 0 Å². The van der Waals surface area contributed by atoms with Gasteiger partial charge in [0.1, 0.15) is 10.6 Å². The zero-order valence-electron chi connectivity index (χ0n) is 11.1. The highest BCUT2D eigenvalue weighted by atomic mass is 32.2. The van der Waals surface area contributed by atoms with Crippen LogP contribution in [0.15, 0.2) is 29.2 Å². The minimum atomic E-state index is -3.61. The van der Waals surface area contributed by atoms with Crippen molar-refractivity contribution in [2.45, 2.75) is 24.3 Å². The Labute approximate surface area is 113 Å². The molecule has 19 heavy (non-hydrogen) atoms. The quantitative estimate of drug-likeness (QED) is 0.902. The minimum absolute atomic E-state index is 0.129. The van der Waals surface area contributed by atoms with Crippen molar-refractivity contribution in [3.05, 3.63) is 24.3 Å². The number of nitrogens with zero attached hydrogens (tertiary/aromatic N) is 1. The summed E-state index contributed by atoms with van der Waals surface area (Å²) in [5, 5.41) is 9.85. The molecular formula is C13H19NO4S. The van der Waals surface area contributed by atoms with Crippen LogP contribution in [0.5, 0.6) is 5.75 Å². The fraction of sp³-hybridized carbons (Fsp3) is 0.538. The first-order chi connectivity index (χ1) is 8.96. The molecule has 2 rings (SSSR count). The molecule has 0 spiro atoms. The van der Waals surface area contributed by atoms with Crippen molar-refractivity contribution in [3.8, 4) is 5.75 Å². The van der Waals surface area contributed by atoms with Crippen LogP contribution in [0, 0.1) is 5.92 Å². The molecule has 6 heteroatoms. The summed E-state index contributed by atoms with van der Waals surface area (Å²) in [6.45, 7) is 2.50. The third kappa shape index (κ3) is 2.75. The zero-order chi connectivity index (χ0) is 14.0. The Balaban J connectivity index is 2.32. The second-order valence-electron chi connectivity index (χ2n) is 4.85. The summed E-state index contributed by atoms with van der Waals surface area (Å²) in [5.41, 5.74) is 0. The number of hydrogen-bond donors (Lipinski definition) is 1. The monoisotopic (exact) mass is 285 g/mol. The van der Waals surface area contributed by atoms with Gasteiger partial charge in [0.05, 0.1) is 13.2 Å². The summed E-state index contributed by atoms with van der Waals surface area (Å²) in [6.07, 6.45) is 0.0495. The number of benzene rings is 1. The molecule has 5 nitrogen and oxygen atoms in total. The number of piperidine rings is 1. The third-order valence-electron chi connectivity index (χ3n) is 3.57. The normalized spacial score (nSPS) is 25.2. The first-order valence-electron chi connectivity index (χ1n) is 6.28. The lowest BCUT2D eigenvalue weighted by Gasteiger charge is -2.33. The van der Waals surface area contributed by atoms with Crippen LogP contribution >= 0.6 is 0 Å². The van der Waals surface area contributed by atoms with E-state index in [9.17, 15) is 13.5 Å². The zero-order valence-corrected chi connectivity index (χ0v) is 11.9. The van der Waals surface area contributed by atoms with E-state index in [2.05, 4.69) is 0 Å².